The second kappa shape index (κ2) is 10.4. The van der Waals surface area contributed by atoms with Gasteiger partial charge in [-0.1, -0.05) is 36.4 Å². The molecule has 4 aromatic rings. The molecule has 1 aliphatic carbocycles. The van der Waals surface area contributed by atoms with Crippen molar-refractivity contribution in [3.63, 3.8) is 0 Å². The molecule has 0 unspecified atom stereocenters. The molecule has 6 rings (SSSR count). The molecule has 2 aromatic heterocycles. The van der Waals surface area contributed by atoms with Crippen LogP contribution >= 0.6 is 11.3 Å². The maximum atomic E-state index is 13.0. The van der Waals surface area contributed by atoms with Gasteiger partial charge >= 0.3 is 6.03 Å². The zero-order valence-corrected chi connectivity index (χ0v) is 21.9. The highest BCUT2D eigenvalue weighted by atomic mass is 32.1. The smallest absolute Gasteiger partial charge is 0.321 e. The molecule has 7 nitrogen and oxygen atoms in total. The molecule has 0 atom stereocenters. The van der Waals surface area contributed by atoms with Crippen molar-refractivity contribution in [1.29, 1.82) is 0 Å². The van der Waals surface area contributed by atoms with Gasteiger partial charge in [0.25, 0.3) is 0 Å². The monoisotopic (exact) mass is 513 g/mol. The third-order valence-electron chi connectivity index (χ3n) is 7.23. The molecule has 3 heterocycles. The number of rotatable bonds is 5. The third-order valence-corrected chi connectivity index (χ3v) is 8.42. The molecular weight excluding hydrogens is 482 g/mol. The number of amides is 2. The SMILES string of the molecule is COc1cccc(NC(=O)N2CCN(c3nc(Cc4ccccc4)nc4sc5c(c34)CCCC5)CC2)c1. The van der Waals surface area contributed by atoms with Crippen molar-refractivity contribution in [2.24, 2.45) is 0 Å². The number of benzene rings is 2. The van der Waals surface area contributed by atoms with Crippen LogP contribution in [0.15, 0.2) is 54.6 Å². The first kappa shape index (κ1) is 23.7. The number of hydrogen-bond donors (Lipinski definition) is 1. The molecule has 1 fully saturated rings. The molecule has 1 aliphatic heterocycles. The lowest BCUT2D eigenvalue weighted by Crippen LogP contribution is -2.50. The molecule has 2 aliphatic rings. The molecule has 1 N–H and O–H groups in total. The number of anilines is 2. The predicted octanol–water partition coefficient (Wildman–Crippen LogP) is 5.52. The summed E-state index contributed by atoms with van der Waals surface area (Å²) in [6.07, 6.45) is 5.44. The second-order valence-corrected chi connectivity index (χ2v) is 10.7. The molecule has 0 spiro atoms. The number of nitrogens with one attached hydrogen (secondary N) is 1. The van der Waals surface area contributed by atoms with E-state index in [4.69, 9.17) is 14.7 Å². The number of thiophene rings is 1. The van der Waals surface area contributed by atoms with E-state index in [1.807, 2.05) is 46.6 Å². The van der Waals surface area contributed by atoms with E-state index in [0.29, 0.717) is 13.1 Å². The zero-order chi connectivity index (χ0) is 25.2. The lowest BCUT2D eigenvalue weighted by Gasteiger charge is -2.36. The van der Waals surface area contributed by atoms with Crippen LogP contribution in [0.2, 0.25) is 0 Å². The number of urea groups is 1. The minimum Gasteiger partial charge on any atom is -0.497 e. The zero-order valence-electron chi connectivity index (χ0n) is 21.1. The normalized spacial score (nSPS) is 15.5. The molecule has 2 amide bonds. The van der Waals surface area contributed by atoms with E-state index in [1.54, 1.807) is 7.11 Å². The van der Waals surface area contributed by atoms with Gasteiger partial charge in [0.05, 0.1) is 12.5 Å². The van der Waals surface area contributed by atoms with Crippen molar-refractivity contribution < 1.29 is 9.53 Å². The number of ether oxygens (including phenoxy) is 1. The summed E-state index contributed by atoms with van der Waals surface area (Å²) in [5, 5.41) is 4.25. The first-order valence-corrected chi connectivity index (χ1v) is 13.8. The summed E-state index contributed by atoms with van der Waals surface area (Å²) in [6, 6.07) is 17.8. The fraction of sp³-hybridized carbons (Fsp3) is 0.345. The summed E-state index contributed by atoms with van der Waals surface area (Å²) < 4.78 is 5.28. The molecule has 1 saturated heterocycles. The van der Waals surface area contributed by atoms with Gasteiger partial charge in [-0.2, -0.15) is 0 Å². The van der Waals surface area contributed by atoms with Gasteiger partial charge in [-0.25, -0.2) is 14.8 Å². The molecule has 0 saturated carbocycles. The minimum atomic E-state index is -0.0848. The maximum absolute atomic E-state index is 13.0. The number of aryl methyl sites for hydroxylation is 2. The van der Waals surface area contributed by atoms with Crippen LogP contribution < -0.4 is 15.0 Å². The maximum Gasteiger partial charge on any atom is 0.321 e. The van der Waals surface area contributed by atoms with E-state index in [9.17, 15) is 4.79 Å². The standard InChI is InChI=1S/C29H31N5O2S/c1-36-22-11-7-10-21(19-22)30-29(35)34-16-14-33(15-17-34)27-26-23-12-5-6-13-24(23)37-28(26)32-25(31-27)18-20-8-3-2-4-9-20/h2-4,7-11,19H,5-6,12-18H2,1H3,(H,30,35). The van der Waals surface area contributed by atoms with E-state index in [2.05, 4.69) is 34.5 Å². The van der Waals surface area contributed by atoms with E-state index in [1.165, 1.54) is 34.2 Å². The number of piperazine rings is 1. The van der Waals surface area contributed by atoms with Crippen LogP contribution in [0.1, 0.15) is 34.7 Å². The molecule has 2 aromatic carbocycles. The molecule has 37 heavy (non-hydrogen) atoms. The van der Waals surface area contributed by atoms with Crippen molar-refractivity contribution in [3.8, 4) is 5.75 Å². The topological polar surface area (TPSA) is 70.6 Å². The summed E-state index contributed by atoms with van der Waals surface area (Å²) >= 11 is 1.85. The number of nitrogens with zero attached hydrogens (tertiary/aromatic N) is 4. The Balaban J connectivity index is 1.24. The van der Waals surface area contributed by atoms with Crippen molar-refractivity contribution in [2.75, 3.05) is 43.5 Å². The Morgan fingerprint density at radius 2 is 1.81 bits per heavy atom. The van der Waals surface area contributed by atoms with Crippen LogP contribution in [0.4, 0.5) is 16.3 Å². The van der Waals surface area contributed by atoms with Crippen molar-refractivity contribution in [2.45, 2.75) is 32.1 Å². The quantitative estimate of drug-likeness (QED) is 0.380. The fourth-order valence-electron chi connectivity index (χ4n) is 5.29. The average molecular weight is 514 g/mol. The highest BCUT2D eigenvalue weighted by Crippen LogP contribution is 2.40. The summed E-state index contributed by atoms with van der Waals surface area (Å²) in [5.41, 5.74) is 3.40. The minimum absolute atomic E-state index is 0.0848. The number of carbonyl (C=O) groups is 1. The van der Waals surface area contributed by atoms with Crippen molar-refractivity contribution in [3.05, 3.63) is 76.4 Å². The van der Waals surface area contributed by atoms with Gasteiger partial charge in [0.2, 0.25) is 0 Å². The Morgan fingerprint density at radius 1 is 1.00 bits per heavy atom. The summed E-state index contributed by atoms with van der Waals surface area (Å²) in [7, 11) is 1.63. The number of methoxy groups -OCH3 is 1. The van der Waals surface area contributed by atoms with Gasteiger partial charge in [0.15, 0.2) is 0 Å². The van der Waals surface area contributed by atoms with Gasteiger partial charge in [-0.3, -0.25) is 0 Å². The van der Waals surface area contributed by atoms with Crippen LogP contribution in [-0.2, 0) is 19.3 Å². The summed E-state index contributed by atoms with van der Waals surface area (Å²) in [6.45, 7) is 2.77. The fourth-order valence-corrected chi connectivity index (χ4v) is 6.57. The Hall–Kier alpha value is -3.65. The van der Waals surface area contributed by atoms with Crippen LogP contribution in [0, 0.1) is 0 Å². The van der Waals surface area contributed by atoms with E-state index < -0.39 is 0 Å². The van der Waals surface area contributed by atoms with Gasteiger partial charge in [0, 0.05) is 49.2 Å². The molecule has 8 heteroatoms. The first-order valence-electron chi connectivity index (χ1n) is 13.0. The summed E-state index contributed by atoms with van der Waals surface area (Å²) in [5.74, 6) is 2.63. The number of aromatic nitrogens is 2. The Bertz CT molecular complexity index is 1410. The van der Waals surface area contributed by atoms with Crippen molar-refractivity contribution in [1.82, 2.24) is 14.9 Å². The van der Waals surface area contributed by atoms with Gasteiger partial charge in [-0.05, 0) is 48.9 Å². The van der Waals surface area contributed by atoms with E-state index in [-0.39, 0.29) is 6.03 Å². The lowest BCUT2D eigenvalue weighted by atomic mass is 9.96. The highest BCUT2D eigenvalue weighted by Gasteiger charge is 2.27. The number of hydrogen-bond acceptors (Lipinski definition) is 6. The summed E-state index contributed by atoms with van der Waals surface area (Å²) in [4.78, 5) is 30.0. The van der Waals surface area contributed by atoms with Gasteiger partial charge in [-0.15, -0.1) is 11.3 Å². The Kier molecular flexibility index (Phi) is 6.66. The second-order valence-electron chi connectivity index (χ2n) is 9.65. The highest BCUT2D eigenvalue weighted by molar-refractivity contribution is 7.19. The first-order chi connectivity index (χ1) is 18.2. The number of carbonyl (C=O) groups excluding carboxylic acids is 1. The molecule has 0 bridgehead atoms. The van der Waals surface area contributed by atoms with E-state index in [0.717, 1.165) is 60.3 Å². The van der Waals surface area contributed by atoms with Gasteiger partial charge in [0.1, 0.15) is 22.2 Å². The van der Waals surface area contributed by atoms with Crippen LogP contribution in [0.25, 0.3) is 10.2 Å². The van der Waals surface area contributed by atoms with Crippen LogP contribution in [0.5, 0.6) is 5.75 Å². The average Bonchev–Trinajstić information content (AvgIpc) is 3.32. The molecule has 190 valence electrons. The van der Waals surface area contributed by atoms with Crippen LogP contribution in [-0.4, -0.2) is 54.2 Å². The molecule has 0 radical (unpaired) electrons. The Labute approximate surface area is 221 Å². The van der Waals surface area contributed by atoms with Gasteiger partial charge < -0.3 is 19.9 Å². The predicted molar refractivity (Wildman–Crippen MR) is 149 cm³/mol. The third kappa shape index (κ3) is 4.98. The number of fused-ring (bicyclic) bond motifs is 3. The Morgan fingerprint density at radius 3 is 2.62 bits per heavy atom. The molecular formula is C29H31N5O2S. The van der Waals surface area contributed by atoms with Crippen LogP contribution in [0.3, 0.4) is 0 Å². The van der Waals surface area contributed by atoms with E-state index >= 15 is 0 Å². The lowest BCUT2D eigenvalue weighted by molar-refractivity contribution is 0.208. The largest absolute Gasteiger partial charge is 0.497 e. The van der Waals surface area contributed by atoms with Crippen molar-refractivity contribution >= 4 is 39.1 Å².